The van der Waals surface area contributed by atoms with Gasteiger partial charge in [-0.2, -0.15) is 0 Å². The van der Waals surface area contributed by atoms with Gasteiger partial charge in [0.1, 0.15) is 0 Å². The van der Waals surface area contributed by atoms with Crippen molar-refractivity contribution < 1.29 is 14.7 Å². The van der Waals surface area contributed by atoms with Crippen molar-refractivity contribution in [1.29, 1.82) is 0 Å². The van der Waals surface area contributed by atoms with E-state index in [-0.39, 0.29) is 17.9 Å². The van der Waals surface area contributed by atoms with Crippen LogP contribution in [0.4, 0.5) is 4.79 Å². The molecule has 2 saturated carbocycles. The summed E-state index contributed by atoms with van der Waals surface area (Å²) < 4.78 is 0. The molecule has 0 bridgehead atoms. The number of carboxylic acids is 1. The molecule has 2 N–H and O–H groups in total. The van der Waals surface area contributed by atoms with Crippen LogP contribution in [-0.4, -0.2) is 41.6 Å². The molecule has 0 spiro atoms. The van der Waals surface area contributed by atoms with E-state index in [4.69, 9.17) is 0 Å². The first-order valence-electron chi connectivity index (χ1n) is 7.33. The molecule has 0 saturated heterocycles. The number of carbonyl (C=O) groups excluding carboxylic acids is 1. The summed E-state index contributed by atoms with van der Waals surface area (Å²) in [6, 6.07) is 0.320. The number of nitrogens with zero attached hydrogens (tertiary/aromatic N) is 1. The first-order valence-corrected chi connectivity index (χ1v) is 7.33. The minimum atomic E-state index is -0.716. The van der Waals surface area contributed by atoms with Crippen LogP contribution in [0.15, 0.2) is 0 Å². The zero-order valence-electron chi connectivity index (χ0n) is 11.6. The molecular weight excluding hydrogens is 244 g/mol. The van der Waals surface area contributed by atoms with Gasteiger partial charge in [-0.25, -0.2) is 4.79 Å². The summed E-state index contributed by atoms with van der Waals surface area (Å²) in [6.07, 6.45) is 7.09. The molecule has 0 radical (unpaired) electrons. The van der Waals surface area contributed by atoms with Crippen LogP contribution in [0.2, 0.25) is 0 Å². The molecule has 5 nitrogen and oxygen atoms in total. The molecule has 2 atom stereocenters. The highest BCUT2D eigenvalue weighted by atomic mass is 16.4. The Balaban J connectivity index is 1.79. The van der Waals surface area contributed by atoms with E-state index in [1.807, 2.05) is 7.05 Å². The van der Waals surface area contributed by atoms with Gasteiger partial charge in [0.25, 0.3) is 0 Å². The van der Waals surface area contributed by atoms with Gasteiger partial charge in [-0.1, -0.05) is 12.8 Å². The van der Waals surface area contributed by atoms with Gasteiger partial charge in [-0.05, 0) is 38.0 Å². The monoisotopic (exact) mass is 268 g/mol. The van der Waals surface area contributed by atoms with Gasteiger partial charge < -0.3 is 15.3 Å². The number of urea groups is 1. The lowest BCUT2D eigenvalue weighted by atomic mass is 9.79. The third-order valence-corrected chi connectivity index (χ3v) is 4.68. The van der Waals surface area contributed by atoms with Gasteiger partial charge in [0, 0.05) is 19.6 Å². The van der Waals surface area contributed by atoms with E-state index in [0.29, 0.717) is 12.6 Å². The number of hydrogen-bond acceptors (Lipinski definition) is 2. The Labute approximate surface area is 114 Å². The van der Waals surface area contributed by atoms with Crippen molar-refractivity contribution in [2.45, 2.75) is 51.0 Å². The number of hydrogen-bond donors (Lipinski definition) is 2. The van der Waals surface area contributed by atoms with Gasteiger partial charge in [0.2, 0.25) is 0 Å². The number of aliphatic carboxylic acids is 1. The Morgan fingerprint density at radius 3 is 2.42 bits per heavy atom. The molecule has 0 aliphatic heterocycles. The lowest BCUT2D eigenvalue weighted by Gasteiger charge is -2.35. The maximum atomic E-state index is 12.0. The molecule has 108 valence electrons. The molecule has 0 aromatic carbocycles. The molecule has 2 rings (SSSR count). The third-order valence-electron chi connectivity index (χ3n) is 4.68. The van der Waals surface area contributed by atoms with E-state index in [1.165, 1.54) is 6.42 Å². The number of carboxylic acid groups (broad SMARTS) is 1. The second-order valence-corrected chi connectivity index (χ2v) is 5.87. The summed E-state index contributed by atoms with van der Waals surface area (Å²) in [5.41, 5.74) is 0. The second kappa shape index (κ2) is 6.26. The summed E-state index contributed by atoms with van der Waals surface area (Å²) in [4.78, 5) is 24.9. The quantitative estimate of drug-likeness (QED) is 0.820. The van der Waals surface area contributed by atoms with E-state index >= 15 is 0 Å². The summed E-state index contributed by atoms with van der Waals surface area (Å²) in [5.74, 6) is -0.917. The third kappa shape index (κ3) is 3.39. The normalized spacial score (nSPS) is 27.4. The Kier molecular flexibility index (Phi) is 4.66. The predicted molar refractivity (Wildman–Crippen MR) is 71.9 cm³/mol. The highest BCUT2D eigenvalue weighted by Gasteiger charge is 2.32. The van der Waals surface area contributed by atoms with E-state index in [1.54, 1.807) is 4.90 Å². The number of rotatable bonds is 4. The van der Waals surface area contributed by atoms with Crippen LogP contribution in [0, 0.1) is 11.8 Å². The molecule has 0 aromatic heterocycles. The lowest BCUT2D eigenvalue weighted by molar-refractivity contribution is -0.144. The van der Waals surface area contributed by atoms with E-state index < -0.39 is 5.97 Å². The van der Waals surface area contributed by atoms with Crippen molar-refractivity contribution in [1.82, 2.24) is 10.2 Å². The van der Waals surface area contributed by atoms with Crippen LogP contribution in [0.1, 0.15) is 44.9 Å². The van der Waals surface area contributed by atoms with Crippen molar-refractivity contribution in [2.24, 2.45) is 11.8 Å². The van der Waals surface area contributed by atoms with Crippen LogP contribution in [-0.2, 0) is 4.79 Å². The van der Waals surface area contributed by atoms with Crippen molar-refractivity contribution >= 4 is 12.0 Å². The van der Waals surface area contributed by atoms with Crippen LogP contribution in [0.5, 0.6) is 0 Å². The number of carbonyl (C=O) groups is 2. The van der Waals surface area contributed by atoms with E-state index in [9.17, 15) is 14.7 Å². The average Bonchev–Trinajstić information content (AvgIpc) is 2.34. The first-order chi connectivity index (χ1) is 9.09. The van der Waals surface area contributed by atoms with Gasteiger partial charge in [-0.3, -0.25) is 4.79 Å². The molecule has 2 unspecified atom stereocenters. The van der Waals surface area contributed by atoms with Gasteiger partial charge in [0.15, 0.2) is 0 Å². The summed E-state index contributed by atoms with van der Waals surface area (Å²) in [5, 5.41) is 12.1. The molecular formula is C14H24N2O3. The van der Waals surface area contributed by atoms with Crippen LogP contribution >= 0.6 is 0 Å². The topological polar surface area (TPSA) is 69.6 Å². The minimum absolute atomic E-state index is 0.0561. The van der Waals surface area contributed by atoms with Gasteiger partial charge in [0.05, 0.1) is 5.92 Å². The second-order valence-electron chi connectivity index (χ2n) is 5.87. The molecule has 2 fully saturated rings. The fourth-order valence-corrected chi connectivity index (χ4v) is 3.06. The Hall–Kier alpha value is -1.26. The number of amides is 2. The highest BCUT2D eigenvalue weighted by Crippen LogP contribution is 2.30. The first kappa shape index (κ1) is 14.2. The molecule has 0 heterocycles. The number of nitrogens with one attached hydrogen (secondary N) is 1. The van der Waals surface area contributed by atoms with Crippen molar-refractivity contribution in [3.8, 4) is 0 Å². The molecule has 0 aromatic rings. The largest absolute Gasteiger partial charge is 0.481 e. The minimum Gasteiger partial charge on any atom is -0.481 e. The predicted octanol–water partition coefficient (Wildman–Crippen LogP) is 2.07. The van der Waals surface area contributed by atoms with Gasteiger partial charge in [-0.15, -0.1) is 0 Å². The van der Waals surface area contributed by atoms with Crippen molar-refractivity contribution in [3.63, 3.8) is 0 Å². The molecule has 2 aliphatic rings. The van der Waals surface area contributed by atoms with E-state index in [2.05, 4.69) is 5.32 Å². The van der Waals surface area contributed by atoms with Crippen molar-refractivity contribution in [2.75, 3.05) is 13.6 Å². The van der Waals surface area contributed by atoms with Gasteiger partial charge >= 0.3 is 12.0 Å². The molecule has 5 heteroatoms. The highest BCUT2D eigenvalue weighted by molar-refractivity contribution is 5.74. The van der Waals surface area contributed by atoms with Crippen LogP contribution < -0.4 is 5.32 Å². The molecule has 2 amide bonds. The zero-order valence-corrected chi connectivity index (χ0v) is 11.6. The fourth-order valence-electron chi connectivity index (χ4n) is 3.06. The average molecular weight is 268 g/mol. The van der Waals surface area contributed by atoms with E-state index in [0.717, 1.165) is 38.5 Å². The van der Waals surface area contributed by atoms with Crippen LogP contribution in [0.3, 0.4) is 0 Å². The summed E-state index contributed by atoms with van der Waals surface area (Å²) in [6.45, 7) is 0.493. The van der Waals surface area contributed by atoms with Crippen LogP contribution in [0.25, 0.3) is 0 Å². The standard InChI is InChI=1S/C14H24N2O3/c1-16(11-6-4-7-11)14(19)15-9-10-5-2-3-8-12(10)13(17)18/h10-12H,2-9H2,1H3,(H,15,19)(H,17,18). The SMILES string of the molecule is CN(C(=O)NCC1CCCCC1C(=O)O)C1CCC1. The smallest absolute Gasteiger partial charge is 0.317 e. The van der Waals surface area contributed by atoms with Crippen molar-refractivity contribution in [3.05, 3.63) is 0 Å². The Morgan fingerprint density at radius 2 is 1.84 bits per heavy atom. The maximum absolute atomic E-state index is 12.0. The lowest BCUT2D eigenvalue weighted by Crippen LogP contribution is -2.48. The maximum Gasteiger partial charge on any atom is 0.317 e. The summed E-state index contributed by atoms with van der Waals surface area (Å²) in [7, 11) is 1.83. The molecule has 19 heavy (non-hydrogen) atoms. The zero-order chi connectivity index (χ0) is 13.8. The summed E-state index contributed by atoms with van der Waals surface area (Å²) >= 11 is 0. The Bertz CT molecular complexity index is 342. The fraction of sp³-hybridized carbons (Fsp3) is 0.857. The molecule has 2 aliphatic carbocycles. The Morgan fingerprint density at radius 1 is 1.16 bits per heavy atom.